The van der Waals surface area contributed by atoms with Crippen molar-refractivity contribution in [3.63, 3.8) is 0 Å². The summed E-state index contributed by atoms with van der Waals surface area (Å²) in [6.45, 7) is 2.38. The molecule has 0 saturated carbocycles. The fourth-order valence-electron chi connectivity index (χ4n) is 0.519. The average Bonchev–Trinajstić information content (AvgIpc) is 1.96. The van der Waals surface area contributed by atoms with Crippen LogP contribution in [0.3, 0.4) is 0 Å². The molecule has 0 aromatic rings. The van der Waals surface area contributed by atoms with Gasteiger partial charge in [0.2, 0.25) is 0 Å². The molecule has 68 valence electrons. The van der Waals surface area contributed by atoms with Gasteiger partial charge in [0.15, 0.2) is 0 Å². The van der Waals surface area contributed by atoms with Gasteiger partial charge in [-0.3, -0.25) is 4.79 Å². The minimum Gasteiger partial charge on any atom is -0.350 e. The molecule has 0 fully saturated rings. The van der Waals surface area contributed by atoms with Crippen molar-refractivity contribution in [2.24, 2.45) is 0 Å². The summed E-state index contributed by atoms with van der Waals surface area (Å²) in [5, 5.41) is 2.07. The molecule has 0 bridgehead atoms. The van der Waals surface area contributed by atoms with Crippen LogP contribution in [0, 0.1) is 11.8 Å². The zero-order valence-electron chi connectivity index (χ0n) is 7.08. The first-order valence-electron chi connectivity index (χ1n) is 3.54. The summed E-state index contributed by atoms with van der Waals surface area (Å²) < 4.78 is 24.4. The summed E-state index contributed by atoms with van der Waals surface area (Å²) in [5.41, 5.74) is 0. The molecular weight excluding hydrogens is 164 g/mol. The Morgan fingerprint density at radius 1 is 1.58 bits per heavy atom. The van der Waals surface area contributed by atoms with Crippen LogP contribution >= 0.6 is 0 Å². The fourth-order valence-corrected chi connectivity index (χ4v) is 0.519. The molecule has 0 atom stereocenters. The molecule has 0 heterocycles. The number of hydrogen-bond acceptors (Lipinski definition) is 1. The Labute approximate surface area is 70.3 Å². The van der Waals surface area contributed by atoms with Gasteiger partial charge in [-0.05, 0) is 6.92 Å². The van der Waals surface area contributed by atoms with Crippen LogP contribution in [0.25, 0.3) is 0 Å². The van der Waals surface area contributed by atoms with Crippen molar-refractivity contribution < 1.29 is 13.6 Å². The highest BCUT2D eigenvalue weighted by Gasteiger charge is 2.31. The Hall–Kier alpha value is -1.11. The summed E-state index contributed by atoms with van der Waals surface area (Å²) in [5.74, 6) is 0.695. The molecule has 0 aromatic heterocycles. The first kappa shape index (κ1) is 10.9. The van der Waals surface area contributed by atoms with Gasteiger partial charge in [0.25, 0.3) is 5.91 Å². The third kappa shape index (κ3) is 4.67. The second kappa shape index (κ2) is 4.70. The van der Waals surface area contributed by atoms with Crippen molar-refractivity contribution in [1.82, 2.24) is 5.32 Å². The first-order valence-corrected chi connectivity index (χ1v) is 3.54. The van der Waals surface area contributed by atoms with Gasteiger partial charge in [-0.2, -0.15) is 8.78 Å². The quantitative estimate of drug-likeness (QED) is 0.506. The van der Waals surface area contributed by atoms with Crippen molar-refractivity contribution in [2.45, 2.75) is 26.2 Å². The molecule has 0 rings (SSSR count). The van der Waals surface area contributed by atoms with Gasteiger partial charge >= 0.3 is 5.92 Å². The second-order valence-electron chi connectivity index (χ2n) is 2.32. The molecule has 12 heavy (non-hydrogen) atoms. The number of amides is 1. The van der Waals surface area contributed by atoms with Crippen LogP contribution in [0.2, 0.25) is 0 Å². The fraction of sp³-hybridized carbons (Fsp3) is 0.625. The standard InChI is InChI=1S/C8H11F2NO/c1-3-4-5-6-11-7(12)8(2,9)10/h5-6H2,1-2H3,(H,11,12). The summed E-state index contributed by atoms with van der Waals surface area (Å²) in [7, 11) is 0. The van der Waals surface area contributed by atoms with Crippen LogP contribution < -0.4 is 5.32 Å². The molecule has 0 aromatic carbocycles. The lowest BCUT2D eigenvalue weighted by molar-refractivity contribution is -0.142. The molecular formula is C8H11F2NO. The molecule has 0 aliphatic heterocycles. The van der Waals surface area contributed by atoms with Crippen LogP contribution in [-0.2, 0) is 4.79 Å². The number of alkyl halides is 2. The second-order valence-corrected chi connectivity index (χ2v) is 2.32. The van der Waals surface area contributed by atoms with E-state index in [0.717, 1.165) is 0 Å². The van der Waals surface area contributed by atoms with E-state index >= 15 is 0 Å². The topological polar surface area (TPSA) is 29.1 Å². The normalized spacial score (nSPS) is 10.0. The molecule has 0 aliphatic rings. The lowest BCUT2D eigenvalue weighted by atomic mass is 10.3. The smallest absolute Gasteiger partial charge is 0.321 e. The summed E-state index contributed by atoms with van der Waals surface area (Å²) in [6, 6.07) is 0. The van der Waals surface area contributed by atoms with E-state index in [1.165, 1.54) is 0 Å². The van der Waals surface area contributed by atoms with Gasteiger partial charge in [-0.15, -0.1) is 11.8 Å². The Bertz CT molecular complexity index is 209. The van der Waals surface area contributed by atoms with E-state index in [-0.39, 0.29) is 6.54 Å². The van der Waals surface area contributed by atoms with E-state index < -0.39 is 11.8 Å². The maximum atomic E-state index is 12.2. The van der Waals surface area contributed by atoms with Crippen molar-refractivity contribution in [1.29, 1.82) is 0 Å². The molecule has 0 aliphatic carbocycles. The molecule has 0 spiro atoms. The minimum atomic E-state index is -3.29. The van der Waals surface area contributed by atoms with Crippen LogP contribution in [0.5, 0.6) is 0 Å². The summed E-state index contributed by atoms with van der Waals surface area (Å²) in [4.78, 5) is 10.5. The molecule has 0 saturated heterocycles. The maximum Gasteiger partial charge on any atom is 0.321 e. The van der Waals surface area contributed by atoms with E-state index in [0.29, 0.717) is 13.3 Å². The molecule has 1 amide bonds. The summed E-state index contributed by atoms with van der Waals surface area (Å²) in [6.07, 6.45) is 0.401. The average molecular weight is 175 g/mol. The molecule has 0 unspecified atom stereocenters. The predicted molar refractivity (Wildman–Crippen MR) is 41.7 cm³/mol. The predicted octanol–water partition coefficient (Wildman–Crippen LogP) is 1.17. The van der Waals surface area contributed by atoms with Crippen LogP contribution in [0.15, 0.2) is 0 Å². The number of carbonyl (C=O) groups excluding carboxylic acids is 1. The van der Waals surface area contributed by atoms with Crippen molar-refractivity contribution in [3.8, 4) is 11.8 Å². The minimum absolute atomic E-state index is 0.170. The number of nitrogens with one attached hydrogen (secondary N) is 1. The molecule has 0 radical (unpaired) electrons. The third-order valence-corrected chi connectivity index (χ3v) is 1.11. The summed E-state index contributed by atoms with van der Waals surface area (Å²) >= 11 is 0. The van der Waals surface area contributed by atoms with Gasteiger partial charge in [0.05, 0.1) is 0 Å². The largest absolute Gasteiger partial charge is 0.350 e. The Morgan fingerprint density at radius 2 is 2.17 bits per heavy atom. The number of carbonyl (C=O) groups is 1. The molecule has 1 N–H and O–H groups in total. The van der Waals surface area contributed by atoms with E-state index in [4.69, 9.17) is 0 Å². The Balaban J connectivity index is 3.63. The maximum absolute atomic E-state index is 12.2. The Morgan fingerprint density at radius 3 is 2.58 bits per heavy atom. The highest BCUT2D eigenvalue weighted by Crippen LogP contribution is 2.10. The van der Waals surface area contributed by atoms with Gasteiger partial charge in [0, 0.05) is 19.9 Å². The lowest BCUT2D eigenvalue weighted by Crippen LogP contribution is -2.38. The van der Waals surface area contributed by atoms with E-state index in [9.17, 15) is 13.6 Å². The first-order chi connectivity index (χ1) is 5.48. The van der Waals surface area contributed by atoms with Crippen LogP contribution in [0.4, 0.5) is 8.78 Å². The highest BCUT2D eigenvalue weighted by atomic mass is 19.3. The van der Waals surface area contributed by atoms with Crippen LogP contribution in [-0.4, -0.2) is 18.4 Å². The number of halogens is 2. The third-order valence-electron chi connectivity index (χ3n) is 1.11. The SMILES string of the molecule is CC#CCCNC(=O)C(C)(F)F. The van der Waals surface area contributed by atoms with Crippen LogP contribution in [0.1, 0.15) is 20.3 Å². The number of hydrogen-bond donors (Lipinski definition) is 1. The van der Waals surface area contributed by atoms with Gasteiger partial charge in [-0.25, -0.2) is 0 Å². The van der Waals surface area contributed by atoms with Crippen molar-refractivity contribution in [3.05, 3.63) is 0 Å². The van der Waals surface area contributed by atoms with E-state index in [2.05, 4.69) is 17.2 Å². The zero-order chi connectivity index (χ0) is 9.61. The van der Waals surface area contributed by atoms with Gasteiger partial charge < -0.3 is 5.32 Å². The molecule has 4 heteroatoms. The number of rotatable bonds is 3. The van der Waals surface area contributed by atoms with Crippen molar-refractivity contribution >= 4 is 5.91 Å². The zero-order valence-corrected chi connectivity index (χ0v) is 7.08. The van der Waals surface area contributed by atoms with E-state index in [1.807, 2.05) is 0 Å². The Kier molecular flexibility index (Phi) is 4.27. The van der Waals surface area contributed by atoms with Gasteiger partial charge in [-0.1, -0.05) is 0 Å². The molecule has 2 nitrogen and oxygen atoms in total. The highest BCUT2D eigenvalue weighted by molar-refractivity contribution is 5.82. The van der Waals surface area contributed by atoms with Gasteiger partial charge in [0.1, 0.15) is 0 Å². The monoisotopic (exact) mass is 175 g/mol. The van der Waals surface area contributed by atoms with Crippen molar-refractivity contribution in [2.75, 3.05) is 6.54 Å². The van der Waals surface area contributed by atoms with E-state index in [1.54, 1.807) is 6.92 Å². The lowest BCUT2D eigenvalue weighted by Gasteiger charge is -2.08.